The SMILES string of the molecule is CCCCC1(CCCC)CN(c2ccc(F)cc2)c2cc(SC)c(CN[C@@H](CO)C(=O)O)cc2S(=O)(=O)C1. The van der Waals surface area contributed by atoms with Crippen LogP contribution < -0.4 is 10.2 Å². The molecule has 0 radical (unpaired) electrons. The molecule has 3 N–H and O–H groups in total. The van der Waals surface area contributed by atoms with Gasteiger partial charge in [-0.3, -0.25) is 10.1 Å². The van der Waals surface area contributed by atoms with Crippen LogP contribution in [0, 0.1) is 11.2 Å². The molecule has 1 atom stereocenters. The number of carboxylic acids is 1. The second kappa shape index (κ2) is 13.3. The van der Waals surface area contributed by atoms with Gasteiger partial charge in [-0.05, 0) is 61.1 Å². The number of aliphatic carboxylic acids is 1. The lowest BCUT2D eigenvalue weighted by Crippen LogP contribution is -2.39. The normalized spacial score (nSPS) is 17.0. The monoisotopic (exact) mass is 566 g/mol. The van der Waals surface area contributed by atoms with E-state index in [1.807, 2.05) is 17.2 Å². The van der Waals surface area contributed by atoms with Crippen LogP contribution in [-0.2, 0) is 21.2 Å². The zero-order valence-electron chi connectivity index (χ0n) is 22.4. The number of unbranched alkanes of at least 4 members (excludes halogenated alkanes) is 2. The Labute approximate surface area is 229 Å². The third kappa shape index (κ3) is 7.08. The van der Waals surface area contributed by atoms with Gasteiger partial charge in [-0.2, -0.15) is 0 Å². The van der Waals surface area contributed by atoms with Crippen molar-refractivity contribution < 1.29 is 27.8 Å². The number of benzene rings is 2. The highest BCUT2D eigenvalue weighted by Crippen LogP contribution is 2.46. The number of anilines is 2. The Balaban J connectivity index is 2.20. The van der Waals surface area contributed by atoms with Gasteiger partial charge in [-0.15, -0.1) is 11.8 Å². The van der Waals surface area contributed by atoms with E-state index in [1.54, 1.807) is 18.2 Å². The average Bonchev–Trinajstić information content (AvgIpc) is 2.98. The maximum Gasteiger partial charge on any atom is 0.323 e. The van der Waals surface area contributed by atoms with Gasteiger partial charge in [0.15, 0.2) is 9.84 Å². The molecule has 0 amide bonds. The highest BCUT2D eigenvalue weighted by atomic mass is 32.2. The van der Waals surface area contributed by atoms with Crippen LogP contribution in [0.5, 0.6) is 0 Å². The quantitative estimate of drug-likeness (QED) is 0.278. The maximum atomic E-state index is 14.1. The molecule has 7 nitrogen and oxygen atoms in total. The van der Waals surface area contributed by atoms with Crippen molar-refractivity contribution in [2.75, 3.05) is 30.1 Å². The van der Waals surface area contributed by atoms with E-state index in [4.69, 9.17) is 0 Å². The summed E-state index contributed by atoms with van der Waals surface area (Å²) in [6, 6.07) is 8.50. The number of nitrogens with zero attached hydrogens (tertiary/aromatic N) is 1. The highest BCUT2D eigenvalue weighted by molar-refractivity contribution is 7.98. The predicted molar refractivity (Wildman–Crippen MR) is 151 cm³/mol. The second-order valence-electron chi connectivity index (χ2n) is 10.1. The fraction of sp³-hybridized carbons (Fsp3) is 0.536. The van der Waals surface area contributed by atoms with Crippen LogP contribution >= 0.6 is 11.8 Å². The Kier molecular flexibility index (Phi) is 10.6. The molecule has 1 aliphatic heterocycles. The minimum Gasteiger partial charge on any atom is -0.480 e. The second-order valence-corrected chi connectivity index (χ2v) is 12.9. The lowest BCUT2D eigenvalue weighted by molar-refractivity contribution is -0.140. The van der Waals surface area contributed by atoms with Crippen molar-refractivity contribution in [2.45, 2.75) is 74.7 Å². The lowest BCUT2D eigenvalue weighted by atomic mass is 9.79. The Morgan fingerprint density at radius 2 is 1.79 bits per heavy atom. The molecule has 210 valence electrons. The van der Waals surface area contributed by atoms with Crippen LogP contribution in [0.3, 0.4) is 0 Å². The van der Waals surface area contributed by atoms with Crippen LogP contribution in [0.25, 0.3) is 0 Å². The van der Waals surface area contributed by atoms with Crippen molar-refractivity contribution in [3.8, 4) is 0 Å². The zero-order chi connectivity index (χ0) is 27.9. The summed E-state index contributed by atoms with van der Waals surface area (Å²) in [5.74, 6) is -1.52. The third-order valence-corrected chi connectivity index (χ3v) is 10.1. The Bertz CT molecular complexity index is 1200. The molecule has 0 saturated heterocycles. The topological polar surface area (TPSA) is 107 Å². The van der Waals surface area contributed by atoms with E-state index >= 15 is 0 Å². The number of hydrogen-bond donors (Lipinski definition) is 3. The molecular formula is C28H39FN2O5S2. The fourth-order valence-corrected chi connectivity index (χ4v) is 7.95. The Morgan fingerprint density at radius 3 is 2.32 bits per heavy atom. The van der Waals surface area contributed by atoms with E-state index in [0.29, 0.717) is 17.8 Å². The number of carbonyl (C=O) groups is 1. The van der Waals surface area contributed by atoms with Crippen molar-refractivity contribution in [1.82, 2.24) is 5.32 Å². The van der Waals surface area contributed by atoms with E-state index in [0.717, 1.165) is 49.1 Å². The number of aliphatic hydroxyl groups excluding tert-OH is 1. The van der Waals surface area contributed by atoms with Gasteiger partial charge < -0.3 is 15.1 Å². The first-order valence-electron chi connectivity index (χ1n) is 13.1. The van der Waals surface area contributed by atoms with Gasteiger partial charge in [0, 0.05) is 29.1 Å². The van der Waals surface area contributed by atoms with E-state index in [9.17, 15) is 27.8 Å². The molecule has 3 rings (SSSR count). The molecule has 2 aromatic rings. The number of halogens is 1. The van der Waals surface area contributed by atoms with Crippen molar-refractivity contribution in [2.24, 2.45) is 5.41 Å². The lowest BCUT2D eigenvalue weighted by Gasteiger charge is -2.37. The van der Waals surface area contributed by atoms with Gasteiger partial charge in [-0.25, -0.2) is 12.8 Å². The Hall–Kier alpha value is -2.14. The summed E-state index contributed by atoms with van der Waals surface area (Å²) in [6.07, 6.45) is 7.17. The molecule has 0 fully saturated rings. The number of sulfone groups is 1. The molecule has 2 aromatic carbocycles. The largest absolute Gasteiger partial charge is 0.480 e. The van der Waals surface area contributed by atoms with Crippen LogP contribution in [0.1, 0.15) is 57.9 Å². The van der Waals surface area contributed by atoms with Gasteiger partial charge >= 0.3 is 5.97 Å². The van der Waals surface area contributed by atoms with Gasteiger partial charge in [0.1, 0.15) is 11.9 Å². The van der Waals surface area contributed by atoms with E-state index in [1.165, 1.54) is 23.9 Å². The van der Waals surface area contributed by atoms with Crippen molar-refractivity contribution in [3.05, 3.63) is 47.8 Å². The Morgan fingerprint density at radius 1 is 1.16 bits per heavy atom. The molecule has 10 heteroatoms. The first-order valence-corrected chi connectivity index (χ1v) is 16.0. The summed E-state index contributed by atoms with van der Waals surface area (Å²) in [6.45, 7) is 4.21. The number of rotatable bonds is 13. The van der Waals surface area contributed by atoms with Crippen LogP contribution in [0.15, 0.2) is 46.2 Å². The van der Waals surface area contributed by atoms with Crippen LogP contribution in [-0.4, -0.2) is 55.8 Å². The number of fused-ring (bicyclic) bond motifs is 1. The number of hydrogen-bond acceptors (Lipinski definition) is 7. The summed E-state index contributed by atoms with van der Waals surface area (Å²) >= 11 is 1.44. The summed E-state index contributed by atoms with van der Waals surface area (Å²) in [4.78, 5) is 14.4. The number of thioether (sulfide) groups is 1. The van der Waals surface area contributed by atoms with Gasteiger partial charge in [-0.1, -0.05) is 39.5 Å². The molecule has 0 saturated carbocycles. The molecule has 38 heavy (non-hydrogen) atoms. The summed E-state index contributed by atoms with van der Waals surface area (Å²) < 4.78 is 42.0. The molecule has 0 spiro atoms. The first kappa shape index (κ1) is 30.4. The predicted octanol–water partition coefficient (Wildman–Crippen LogP) is 5.37. The van der Waals surface area contributed by atoms with Gasteiger partial charge in [0.2, 0.25) is 0 Å². The summed E-state index contributed by atoms with van der Waals surface area (Å²) in [7, 11) is -3.72. The fourth-order valence-electron chi connectivity index (χ4n) is 5.17. The standard InChI is InChI=1S/C28H39FN2O5S2/c1-4-6-12-28(13-7-5-2)18-31(22-10-8-21(29)9-11-22)24-15-25(37-3)20(14-26(24)38(35,36)19-28)16-30-23(17-32)27(33)34/h8-11,14-15,23,30,32H,4-7,12-13,16-19H2,1-3H3,(H,33,34)/t23-/m0/s1. The maximum absolute atomic E-state index is 14.1. The minimum atomic E-state index is -3.72. The third-order valence-electron chi connectivity index (χ3n) is 7.26. The molecule has 0 unspecified atom stereocenters. The minimum absolute atomic E-state index is 0.0184. The molecule has 1 aliphatic rings. The van der Waals surface area contributed by atoms with Crippen molar-refractivity contribution in [3.63, 3.8) is 0 Å². The van der Waals surface area contributed by atoms with Crippen LogP contribution in [0.2, 0.25) is 0 Å². The van der Waals surface area contributed by atoms with Gasteiger partial charge in [0.25, 0.3) is 0 Å². The average molecular weight is 567 g/mol. The first-order chi connectivity index (χ1) is 18.1. The highest BCUT2D eigenvalue weighted by Gasteiger charge is 2.42. The molecule has 0 bridgehead atoms. The van der Waals surface area contributed by atoms with E-state index in [2.05, 4.69) is 19.2 Å². The summed E-state index contributed by atoms with van der Waals surface area (Å²) in [5.41, 5.74) is 1.46. The molecular weight excluding hydrogens is 527 g/mol. The number of carboxylic acid groups (broad SMARTS) is 1. The number of nitrogens with one attached hydrogen (secondary N) is 1. The number of aliphatic hydroxyl groups is 1. The molecule has 1 heterocycles. The van der Waals surface area contributed by atoms with E-state index in [-0.39, 0.29) is 23.0 Å². The van der Waals surface area contributed by atoms with Crippen LogP contribution in [0.4, 0.5) is 15.8 Å². The van der Waals surface area contributed by atoms with Crippen molar-refractivity contribution in [1.29, 1.82) is 0 Å². The van der Waals surface area contributed by atoms with Gasteiger partial charge in [0.05, 0.1) is 22.9 Å². The zero-order valence-corrected chi connectivity index (χ0v) is 24.0. The smallest absolute Gasteiger partial charge is 0.323 e. The molecule has 0 aliphatic carbocycles. The molecule has 0 aromatic heterocycles. The van der Waals surface area contributed by atoms with E-state index < -0.39 is 33.9 Å². The summed E-state index contributed by atoms with van der Waals surface area (Å²) in [5, 5.41) is 21.5. The van der Waals surface area contributed by atoms with Crippen molar-refractivity contribution >= 4 is 38.9 Å².